The molecule has 0 saturated carbocycles. The molecule has 1 saturated heterocycles. The van der Waals surface area contributed by atoms with Gasteiger partial charge < -0.3 is 9.64 Å². The molecule has 26 heavy (non-hydrogen) atoms. The number of aryl methyl sites for hydroxylation is 1. The average molecular weight is 366 g/mol. The van der Waals surface area contributed by atoms with Crippen molar-refractivity contribution in [3.05, 3.63) is 52.0 Å². The molecule has 0 radical (unpaired) electrons. The summed E-state index contributed by atoms with van der Waals surface area (Å²) < 4.78 is 6.12. The molecule has 0 N–H and O–H groups in total. The van der Waals surface area contributed by atoms with Crippen LogP contribution < -0.4 is 9.64 Å². The van der Waals surface area contributed by atoms with Crippen molar-refractivity contribution in [3.63, 3.8) is 0 Å². The summed E-state index contributed by atoms with van der Waals surface area (Å²) in [5.41, 5.74) is 2.50. The number of halogens is 1. The Balaban J connectivity index is 2.04. The van der Waals surface area contributed by atoms with E-state index < -0.39 is 0 Å². The summed E-state index contributed by atoms with van der Waals surface area (Å²) in [5, 5.41) is 19.5. The van der Waals surface area contributed by atoms with E-state index in [0.717, 1.165) is 37.2 Å². The van der Waals surface area contributed by atoms with Gasteiger partial charge in [-0.3, -0.25) is 0 Å². The zero-order valence-electron chi connectivity index (χ0n) is 14.8. The Morgan fingerprint density at radius 3 is 2.23 bits per heavy atom. The maximum absolute atomic E-state index is 9.40. The van der Waals surface area contributed by atoms with E-state index in [1.165, 1.54) is 12.8 Å². The highest BCUT2D eigenvalue weighted by Gasteiger charge is 2.19. The van der Waals surface area contributed by atoms with Crippen molar-refractivity contribution in [1.29, 1.82) is 10.5 Å². The first kappa shape index (κ1) is 18.1. The number of hydrogen-bond acceptors (Lipinski definition) is 4. The monoisotopic (exact) mass is 365 g/mol. The van der Waals surface area contributed by atoms with E-state index in [1.54, 1.807) is 18.2 Å². The molecular weight excluding hydrogens is 346 g/mol. The van der Waals surface area contributed by atoms with Crippen molar-refractivity contribution in [2.45, 2.75) is 32.6 Å². The molecular formula is C21H20ClN3O. The normalized spacial score (nSPS) is 14.2. The summed E-state index contributed by atoms with van der Waals surface area (Å²) in [6.07, 6.45) is 4.65. The molecule has 132 valence electrons. The van der Waals surface area contributed by atoms with Crippen molar-refractivity contribution < 1.29 is 4.74 Å². The Bertz CT molecular complexity index is 887. The van der Waals surface area contributed by atoms with Crippen molar-refractivity contribution in [1.82, 2.24) is 0 Å². The first-order valence-corrected chi connectivity index (χ1v) is 9.17. The van der Waals surface area contributed by atoms with Crippen LogP contribution in [-0.2, 0) is 0 Å². The van der Waals surface area contributed by atoms with E-state index in [9.17, 15) is 10.5 Å². The fraction of sp³-hybridized carbons (Fsp3) is 0.333. The summed E-state index contributed by atoms with van der Waals surface area (Å²) in [4.78, 5) is 2.26. The minimum atomic E-state index is 0.326. The molecule has 1 aliphatic rings. The predicted molar refractivity (Wildman–Crippen MR) is 103 cm³/mol. The largest absolute Gasteiger partial charge is 0.455 e. The lowest BCUT2D eigenvalue weighted by Crippen LogP contribution is -2.24. The number of benzene rings is 2. The predicted octanol–water partition coefficient (Wildman–Crippen LogP) is 5.56. The molecule has 1 aliphatic heterocycles. The fourth-order valence-electron chi connectivity index (χ4n) is 3.20. The number of nitrogens with zero attached hydrogens (tertiary/aromatic N) is 3. The third kappa shape index (κ3) is 3.93. The maximum Gasteiger partial charge on any atom is 0.152 e. The standard InChI is InChI=1S/C21H20ClN3O/c1-15-10-18(6-7-19(15)22)26-21-12-17(14-24)16(13-23)11-20(21)25-8-4-2-3-5-9-25/h6-7,10-12H,2-5,8-9H2,1H3. The van der Waals surface area contributed by atoms with Crippen LogP contribution in [-0.4, -0.2) is 13.1 Å². The van der Waals surface area contributed by atoms with Gasteiger partial charge in [0, 0.05) is 24.2 Å². The highest BCUT2D eigenvalue weighted by Crippen LogP contribution is 2.37. The molecule has 4 nitrogen and oxygen atoms in total. The number of hydrogen-bond donors (Lipinski definition) is 0. The van der Waals surface area contributed by atoms with Crippen molar-refractivity contribution in [2.75, 3.05) is 18.0 Å². The summed E-state index contributed by atoms with van der Waals surface area (Å²) in [6.45, 7) is 3.77. The summed E-state index contributed by atoms with van der Waals surface area (Å²) in [5.74, 6) is 1.26. The zero-order valence-corrected chi connectivity index (χ0v) is 15.5. The molecule has 0 atom stereocenters. The van der Waals surface area contributed by atoms with E-state index in [-0.39, 0.29) is 0 Å². The fourth-order valence-corrected chi connectivity index (χ4v) is 3.32. The molecule has 0 aliphatic carbocycles. The van der Waals surface area contributed by atoms with Gasteiger partial charge >= 0.3 is 0 Å². The molecule has 3 rings (SSSR count). The lowest BCUT2D eigenvalue weighted by molar-refractivity contribution is 0.480. The highest BCUT2D eigenvalue weighted by atomic mass is 35.5. The number of nitriles is 2. The molecule has 0 spiro atoms. The van der Waals surface area contributed by atoms with E-state index in [2.05, 4.69) is 17.0 Å². The average Bonchev–Trinajstić information content (AvgIpc) is 2.93. The number of rotatable bonds is 3. The molecule has 2 aromatic rings. The molecule has 0 unspecified atom stereocenters. The second-order valence-corrected chi connectivity index (χ2v) is 6.91. The number of anilines is 1. The molecule has 1 heterocycles. The topological polar surface area (TPSA) is 60.0 Å². The second kappa shape index (κ2) is 8.13. The first-order chi connectivity index (χ1) is 12.6. The van der Waals surface area contributed by atoms with Gasteiger partial charge in [0.2, 0.25) is 0 Å². The highest BCUT2D eigenvalue weighted by molar-refractivity contribution is 6.31. The van der Waals surface area contributed by atoms with Crippen LogP contribution in [0.2, 0.25) is 5.02 Å². The first-order valence-electron chi connectivity index (χ1n) is 8.79. The molecule has 0 bridgehead atoms. The Morgan fingerprint density at radius 2 is 1.62 bits per heavy atom. The van der Waals surface area contributed by atoms with Crippen molar-refractivity contribution in [2.24, 2.45) is 0 Å². The van der Waals surface area contributed by atoms with E-state index >= 15 is 0 Å². The smallest absolute Gasteiger partial charge is 0.152 e. The van der Waals surface area contributed by atoms with E-state index in [4.69, 9.17) is 16.3 Å². The van der Waals surface area contributed by atoms with Crippen LogP contribution in [0.3, 0.4) is 0 Å². The van der Waals surface area contributed by atoms with Crippen LogP contribution in [0.5, 0.6) is 11.5 Å². The van der Waals surface area contributed by atoms with Gasteiger partial charge in [0.1, 0.15) is 17.9 Å². The quantitative estimate of drug-likeness (QED) is 0.713. The van der Waals surface area contributed by atoms with Gasteiger partial charge in [-0.2, -0.15) is 10.5 Å². The molecule has 5 heteroatoms. The SMILES string of the molecule is Cc1cc(Oc2cc(C#N)c(C#N)cc2N2CCCCCC2)ccc1Cl. The van der Waals surface area contributed by atoms with Crippen molar-refractivity contribution >= 4 is 17.3 Å². The second-order valence-electron chi connectivity index (χ2n) is 6.50. The van der Waals surface area contributed by atoms with Crippen LogP contribution in [0.4, 0.5) is 5.69 Å². The van der Waals surface area contributed by atoms with Crippen LogP contribution in [0, 0.1) is 29.6 Å². The molecule has 0 aromatic heterocycles. The minimum absolute atomic E-state index is 0.326. The molecule has 0 amide bonds. The zero-order chi connectivity index (χ0) is 18.5. The van der Waals surface area contributed by atoms with Gasteiger partial charge in [0.25, 0.3) is 0 Å². The van der Waals surface area contributed by atoms with Gasteiger partial charge in [-0.15, -0.1) is 0 Å². The van der Waals surface area contributed by atoms with Crippen LogP contribution in [0.1, 0.15) is 42.4 Å². The van der Waals surface area contributed by atoms with Gasteiger partial charge in [-0.25, -0.2) is 0 Å². The third-order valence-corrected chi connectivity index (χ3v) is 5.07. The van der Waals surface area contributed by atoms with Gasteiger partial charge in [-0.05, 0) is 49.6 Å². The van der Waals surface area contributed by atoms with E-state index in [1.807, 2.05) is 19.1 Å². The number of ether oxygens (including phenoxy) is 1. The minimum Gasteiger partial charge on any atom is -0.455 e. The lowest BCUT2D eigenvalue weighted by Gasteiger charge is -2.25. The van der Waals surface area contributed by atoms with E-state index in [0.29, 0.717) is 27.6 Å². The van der Waals surface area contributed by atoms with Crippen LogP contribution in [0.25, 0.3) is 0 Å². The Kier molecular flexibility index (Phi) is 5.66. The summed E-state index contributed by atoms with van der Waals surface area (Å²) >= 11 is 6.10. The Labute approximate surface area is 159 Å². The summed E-state index contributed by atoms with van der Waals surface area (Å²) in [7, 11) is 0. The third-order valence-electron chi connectivity index (χ3n) is 4.64. The Hall–Kier alpha value is -2.69. The molecule has 1 fully saturated rings. The van der Waals surface area contributed by atoms with Gasteiger partial charge in [0.15, 0.2) is 5.75 Å². The van der Waals surface area contributed by atoms with Crippen LogP contribution in [0.15, 0.2) is 30.3 Å². The lowest BCUT2D eigenvalue weighted by atomic mass is 10.1. The van der Waals surface area contributed by atoms with Gasteiger partial charge in [-0.1, -0.05) is 24.4 Å². The summed E-state index contributed by atoms with van der Waals surface area (Å²) in [6, 6.07) is 13.2. The van der Waals surface area contributed by atoms with Crippen LogP contribution >= 0.6 is 11.6 Å². The van der Waals surface area contributed by atoms with Gasteiger partial charge in [0.05, 0.1) is 16.8 Å². The Morgan fingerprint density at radius 1 is 0.962 bits per heavy atom. The molecule has 2 aromatic carbocycles. The maximum atomic E-state index is 9.40. The van der Waals surface area contributed by atoms with Crippen molar-refractivity contribution in [3.8, 4) is 23.6 Å².